The maximum Gasteiger partial charge on any atom is 0.236 e. The van der Waals surface area contributed by atoms with Gasteiger partial charge in [0.05, 0.1) is 7.11 Å². The van der Waals surface area contributed by atoms with Crippen LogP contribution < -0.4 is 9.47 Å². The van der Waals surface area contributed by atoms with Gasteiger partial charge in [0.2, 0.25) is 5.88 Å². The van der Waals surface area contributed by atoms with Crippen molar-refractivity contribution in [3.05, 3.63) is 53.2 Å². The molecule has 1 heterocycles. The summed E-state index contributed by atoms with van der Waals surface area (Å²) in [7, 11) is 1.55. The Hall–Kier alpha value is -2.54. The van der Waals surface area contributed by atoms with E-state index in [0.717, 1.165) is 24.1 Å². The molecule has 0 saturated heterocycles. The molecule has 0 spiro atoms. The summed E-state index contributed by atoms with van der Waals surface area (Å²) in [6.45, 7) is 2.46. The number of nitrogens with zero attached hydrogens (tertiary/aromatic N) is 2. The Morgan fingerprint density at radius 3 is 2.62 bits per heavy atom. The monoisotopic (exact) mass is 282 g/mol. The van der Waals surface area contributed by atoms with E-state index in [4.69, 9.17) is 9.47 Å². The predicted molar refractivity (Wildman–Crippen MR) is 80.3 cm³/mol. The van der Waals surface area contributed by atoms with Crippen LogP contribution in [0.2, 0.25) is 0 Å². The number of hydrogen-bond donors (Lipinski definition) is 0. The van der Waals surface area contributed by atoms with Gasteiger partial charge in [-0.15, -0.1) is 0 Å². The molecule has 108 valence electrons. The van der Waals surface area contributed by atoms with Crippen molar-refractivity contribution in [1.29, 1.82) is 5.26 Å². The summed E-state index contributed by atoms with van der Waals surface area (Å²) < 4.78 is 11.0. The molecule has 4 nitrogen and oxygen atoms in total. The average molecular weight is 282 g/mol. The Morgan fingerprint density at radius 1 is 1.24 bits per heavy atom. The number of benzene rings is 1. The lowest BCUT2D eigenvalue weighted by Gasteiger charge is -2.12. The summed E-state index contributed by atoms with van der Waals surface area (Å²) in [5.74, 6) is 0.850. The highest BCUT2D eigenvalue weighted by Gasteiger charge is 2.14. The number of aromatic nitrogens is 1. The van der Waals surface area contributed by atoms with Crippen LogP contribution in [0.5, 0.6) is 11.6 Å². The Kier molecular flexibility index (Phi) is 5.16. The third-order valence-corrected chi connectivity index (χ3v) is 3.06. The number of hydrogen-bond acceptors (Lipinski definition) is 4. The molecule has 0 unspecified atom stereocenters. The maximum absolute atomic E-state index is 9.30. The van der Waals surface area contributed by atoms with Gasteiger partial charge < -0.3 is 9.47 Å². The molecule has 0 N–H and O–H groups in total. The van der Waals surface area contributed by atoms with Crippen molar-refractivity contribution in [2.75, 3.05) is 7.11 Å². The summed E-state index contributed by atoms with van der Waals surface area (Å²) >= 11 is 0. The van der Waals surface area contributed by atoms with Crippen molar-refractivity contribution in [3.63, 3.8) is 0 Å². The van der Waals surface area contributed by atoms with Gasteiger partial charge in [-0.1, -0.05) is 43.7 Å². The molecule has 0 saturated carbocycles. The van der Waals surface area contributed by atoms with Crippen molar-refractivity contribution < 1.29 is 9.47 Å². The number of aryl methyl sites for hydroxylation is 1. The lowest BCUT2D eigenvalue weighted by molar-refractivity contribution is 0.289. The molecular weight excluding hydrogens is 264 g/mol. The molecule has 2 rings (SSSR count). The lowest BCUT2D eigenvalue weighted by atomic mass is 10.2. The quantitative estimate of drug-likeness (QED) is 0.813. The topological polar surface area (TPSA) is 55.1 Å². The minimum atomic E-state index is 0.337. The lowest BCUT2D eigenvalue weighted by Crippen LogP contribution is -2.03. The number of ether oxygens (including phenoxy) is 2. The highest BCUT2D eigenvalue weighted by atomic mass is 16.5. The summed E-state index contributed by atoms with van der Waals surface area (Å²) in [5, 5.41) is 9.30. The fraction of sp³-hybridized carbons (Fsp3) is 0.294. The summed E-state index contributed by atoms with van der Waals surface area (Å²) in [5.41, 5.74) is 2.24. The molecule has 0 amide bonds. The van der Waals surface area contributed by atoms with Crippen LogP contribution >= 0.6 is 0 Å². The van der Waals surface area contributed by atoms with E-state index < -0.39 is 0 Å². The Labute approximate surface area is 125 Å². The molecule has 0 atom stereocenters. The molecule has 0 aliphatic carbocycles. The molecule has 0 radical (unpaired) electrons. The second-order valence-electron chi connectivity index (χ2n) is 4.63. The zero-order chi connectivity index (χ0) is 15.1. The first-order chi connectivity index (χ1) is 10.3. The van der Waals surface area contributed by atoms with E-state index in [9.17, 15) is 5.26 Å². The van der Waals surface area contributed by atoms with E-state index in [1.54, 1.807) is 13.2 Å². The van der Waals surface area contributed by atoms with Gasteiger partial charge >= 0.3 is 0 Å². The number of rotatable bonds is 6. The first kappa shape index (κ1) is 14.9. The standard InChI is InChI=1S/C17H18N2O2/c1-3-7-14-10-16(20-2)15(11-18)17(19-14)21-12-13-8-5-4-6-9-13/h4-6,8-10H,3,7,12H2,1-2H3. The molecule has 1 aromatic carbocycles. The van der Waals surface area contributed by atoms with Gasteiger partial charge in [0, 0.05) is 11.8 Å². The second kappa shape index (κ2) is 7.30. The molecule has 2 aromatic rings. The molecule has 4 heteroatoms. The van der Waals surface area contributed by atoms with Crippen molar-refractivity contribution in [1.82, 2.24) is 4.98 Å². The smallest absolute Gasteiger partial charge is 0.236 e. The number of methoxy groups -OCH3 is 1. The van der Waals surface area contributed by atoms with Crippen LogP contribution in [-0.4, -0.2) is 12.1 Å². The fourth-order valence-corrected chi connectivity index (χ4v) is 2.03. The van der Waals surface area contributed by atoms with E-state index in [-0.39, 0.29) is 0 Å². The van der Waals surface area contributed by atoms with Gasteiger partial charge in [0.15, 0.2) is 5.56 Å². The number of nitriles is 1. The zero-order valence-electron chi connectivity index (χ0n) is 12.3. The second-order valence-corrected chi connectivity index (χ2v) is 4.63. The molecule has 0 aliphatic rings. The third-order valence-electron chi connectivity index (χ3n) is 3.06. The van der Waals surface area contributed by atoms with Crippen LogP contribution in [-0.2, 0) is 13.0 Å². The van der Waals surface area contributed by atoms with Gasteiger partial charge in [-0.3, -0.25) is 0 Å². The third kappa shape index (κ3) is 3.73. The SMILES string of the molecule is CCCc1cc(OC)c(C#N)c(OCc2ccccc2)n1. The highest BCUT2D eigenvalue weighted by Crippen LogP contribution is 2.28. The normalized spacial score (nSPS) is 9.95. The minimum Gasteiger partial charge on any atom is -0.495 e. The molecule has 0 aliphatic heterocycles. The average Bonchev–Trinajstić information content (AvgIpc) is 2.53. The highest BCUT2D eigenvalue weighted by molar-refractivity contribution is 5.50. The maximum atomic E-state index is 9.30. The van der Waals surface area contributed by atoms with Gasteiger partial charge in [-0.2, -0.15) is 5.26 Å². The van der Waals surface area contributed by atoms with E-state index >= 15 is 0 Å². The Morgan fingerprint density at radius 2 is 2.00 bits per heavy atom. The summed E-state index contributed by atoms with van der Waals surface area (Å²) in [4.78, 5) is 4.43. The van der Waals surface area contributed by atoms with E-state index in [1.807, 2.05) is 30.3 Å². The van der Waals surface area contributed by atoms with Gasteiger partial charge in [-0.25, -0.2) is 4.98 Å². The van der Waals surface area contributed by atoms with Gasteiger partial charge in [0.1, 0.15) is 18.4 Å². The first-order valence-corrected chi connectivity index (χ1v) is 6.93. The van der Waals surface area contributed by atoms with Crippen molar-refractivity contribution in [2.45, 2.75) is 26.4 Å². The molecule has 0 fully saturated rings. The van der Waals surface area contributed by atoms with Crippen LogP contribution in [0.4, 0.5) is 0 Å². The fourth-order valence-electron chi connectivity index (χ4n) is 2.03. The van der Waals surface area contributed by atoms with Crippen LogP contribution in [0, 0.1) is 11.3 Å². The molecule has 21 heavy (non-hydrogen) atoms. The van der Waals surface area contributed by atoms with Crippen molar-refractivity contribution >= 4 is 0 Å². The van der Waals surface area contributed by atoms with Crippen LogP contribution in [0.3, 0.4) is 0 Å². The molecule has 0 bridgehead atoms. The molecular formula is C17H18N2O2. The zero-order valence-corrected chi connectivity index (χ0v) is 12.3. The predicted octanol–water partition coefficient (Wildman–Crippen LogP) is 3.49. The van der Waals surface area contributed by atoms with Crippen LogP contribution in [0.15, 0.2) is 36.4 Å². The number of pyridine rings is 1. The Bertz CT molecular complexity index is 633. The van der Waals surface area contributed by atoms with E-state index in [1.165, 1.54) is 0 Å². The van der Waals surface area contributed by atoms with E-state index in [0.29, 0.717) is 23.8 Å². The summed E-state index contributed by atoms with van der Waals surface area (Å²) in [6, 6.07) is 13.7. The van der Waals surface area contributed by atoms with Gasteiger partial charge in [0.25, 0.3) is 0 Å². The van der Waals surface area contributed by atoms with Crippen molar-refractivity contribution in [2.24, 2.45) is 0 Å². The van der Waals surface area contributed by atoms with Gasteiger partial charge in [-0.05, 0) is 12.0 Å². The van der Waals surface area contributed by atoms with Crippen LogP contribution in [0.25, 0.3) is 0 Å². The van der Waals surface area contributed by atoms with Crippen LogP contribution in [0.1, 0.15) is 30.2 Å². The first-order valence-electron chi connectivity index (χ1n) is 6.93. The largest absolute Gasteiger partial charge is 0.495 e. The molecule has 1 aromatic heterocycles. The van der Waals surface area contributed by atoms with Crippen molar-refractivity contribution in [3.8, 4) is 17.7 Å². The Balaban J connectivity index is 2.27. The summed E-state index contributed by atoms with van der Waals surface area (Å²) in [6.07, 6.45) is 1.80. The van der Waals surface area contributed by atoms with E-state index in [2.05, 4.69) is 18.0 Å². The minimum absolute atomic E-state index is 0.337.